The number of hydrogen-bond donors (Lipinski definition) is 1. The van der Waals surface area contributed by atoms with Gasteiger partial charge in [-0.3, -0.25) is 4.79 Å². The number of nitrogens with one attached hydrogen (secondary N) is 1. The molecule has 19 heavy (non-hydrogen) atoms. The van der Waals surface area contributed by atoms with Crippen molar-refractivity contribution in [3.05, 3.63) is 70.1 Å². The Bertz CT molecular complexity index is 553. The molecule has 0 saturated carbocycles. The van der Waals surface area contributed by atoms with Gasteiger partial charge in [0.15, 0.2) is 12.4 Å². The van der Waals surface area contributed by atoms with Crippen LogP contribution in [-0.2, 0) is 6.42 Å². The second-order valence-corrected chi connectivity index (χ2v) is 4.52. The highest BCUT2D eigenvalue weighted by Crippen LogP contribution is 2.09. The number of rotatable bonds is 4. The smallest absolute Gasteiger partial charge is 0.251 e. The van der Waals surface area contributed by atoms with Crippen LogP contribution in [0.15, 0.2) is 48.8 Å². The fourth-order valence-electron chi connectivity index (χ4n) is 1.64. The van der Waals surface area contributed by atoms with E-state index in [9.17, 15) is 10.0 Å². The van der Waals surface area contributed by atoms with E-state index in [1.807, 2.05) is 24.3 Å². The SMILES string of the molecule is O=C(NCCc1ccc(Cl)cc1)c1cc[n+]([O-])cc1. The van der Waals surface area contributed by atoms with E-state index in [1.54, 1.807) is 0 Å². The number of nitrogens with zero attached hydrogens (tertiary/aromatic N) is 1. The zero-order valence-electron chi connectivity index (χ0n) is 10.2. The maximum atomic E-state index is 11.8. The van der Waals surface area contributed by atoms with Gasteiger partial charge in [-0.1, -0.05) is 23.7 Å². The van der Waals surface area contributed by atoms with Crippen LogP contribution in [0.5, 0.6) is 0 Å². The van der Waals surface area contributed by atoms with Crippen LogP contribution in [0.3, 0.4) is 0 Å². The molecule has 0 fully saturated rings. The van der Waals surface area contributed by atoms with Gasteiger partial charge in [-0.25, -0.2) is 0 Å². The number of hydrogen-bond acceptors (Lipinski definition) is 2. The maximum absolute atomic E-state index is 11.8. The molecule has 0 saturated heterocycles. The minimum absolute atomic E-state index is 0.186. The predicted octanol–water partition coefficient (Wildman–Crippen LogP) is 1.95. The monoisotopic (exact) mass is 276 g/mol. The second kappa shape index (κ2) is 6.20. The lowest BCUT2D eigenvalue weighted by Crippen LogP contribution is -2.28. The summed E-state index contributed by atoms with van der Waals surface area (Å²) in [5, 5.41) is 14.3. The Balaban J connectivity index is 1.84. The summed E-state index contributed by atoms with van der Waals surface area (Å²) in [5.74, 6) is -0.186. The highest BCUT2D eigenvalue weighted by atomic mass is 35.5. The van der Waals surface area contributed by atoms with Gasteiger partial charge in [-0.05, 0) is 24.1 Å². The number of amides is 1. The molecule has 0 atom stereocenters. The van der Waals surface area contributed by atoms with Gasteiger partial charge in [0.1, 0.15) is 0 Å². The molecule has 1 heterocycles. The third-order valence-electron chi connectivity index (χ3n) is 2.68. The van der Waals surface area contributed by atoms with Gasteiger partial charge >= 0.3 is 0 Å². The van der Waals surface area contributed by atoms with Crippen molar-refractivity contribution in [1.29, 1.82) is 0 Å². The molecule has 1 N–H and O–H groups in total. The van der Waals surface area contributed by atoms with Gasteiger partial charge in [0.25, 0.3) is 5.91 Å². The summed E-state index contributed by atoms with van der Waals surface area (Å²) in [6.45, 7) is 0.534. The average Bonchev–Trinajstić information content (AvgIpc) is 2.41. The molecular weight excluding hydrogens is 264 g/mol. The molecule has 98 valence electrons. The molecule has 5 heteroatoms. The number of aromatic nitrogens is 1. The van der Waals surface area contributed by atoms with Crippen molar-refractivity contribution in [2.75, 3.05) is 6.54 Å². The zero-order valence-corrected chi connectivity index (χ0v) is 10.9. The van der Waals surface area contributed by atoms with Crippen LogP contribution in [0, 0.1) is 5.21 Å². The first-order valence-electron chi connectivity index (χ1n) is 5.86. The van der Waals surface area contributed by atoms with E-state index in [-0.39, 0.29) is 5.91 Å². The minimum Gasteiger partial charge on any atom is -0.619 e. The Kier molecular flexibility index (Phi) is 4.36. The van der Waals surface area contributed by atoms with Crippen LogP contribution in [0.2, 0.25) is 5.02 Å². The van der Waals surface area contributed by atoms with Gasteiger partial charge in [0.05, 0.1) is 5.56 Å². The minimum atomic E-state index is -0.186. The van der Waals surface area contributed by atoms with Crippen LogP contribution in [0.25, 0.3) is 0 Å². The summed E-state index contributed by atoms with van der Waals surface area (Å²) in [6.07, 6.45) is 3.33. The summed E-state index contributed by atoms with van der Waals surface area (Å²) in [7, 11) is 0. The average molecular weight is 277 g/mol. The molecule has 0 aliphatic carbocycles. The molecule has 0 aliphatic heterocycles. The number of pyridine rings is 1. The van der Waals surface area contributed by atoms with E-state index in [2.05, 4.69) is 5.32 Å². The summed E-state index contributed by atoms with van der Waals surface area (Å²) >= 11 is 5.79. The lowest BCUT2D eigenvalue weighted by Gasteiger charge is -2.05. The topological polar surface area (TPSA) is 56.0 Å². The van der Waals surface area contributed by atoms with Crippen molar-refractivity contribution in [3.63, 3.8) is 0 Å². The zero-order chi connectivity index (χ0) is 13.7. The van der Waals surface area contributed by atoms with Gasteiger partial charge in [0, 0.05) is 23.7 Å². The molecule has 0 bridgehead atoms. The van der Waals surface area contributed by atoms with E-state index >= 15 is 0 Å². The highest BCUT2D eigenvalue weighted by molar-refractivity contribution is 6.30. The normalized spacial score (nSPS) is 10.2. The van der Waals surface area contributed by atoms with Crippen molar-refractivity contribution in [2.24, 2.45) is 0 Å². The Morgan fingerprint density at radius 3 is 2.42 bits per heavy atom. The first-order chi connectivity index (χ1) is 9.15. The molecule has 0 aliphatic rings. The molecule has 1 aromatic carbocycles. The van der Waals surface area contributed by atoms with E-state index in [1.165, 1.54) is 24.5 Å². The van der Waals surface area contributed by atoms with Gasteiger partial charge in [-0.2, -0.15) is 4.73 Å². The molecule has 2 aromatic rings. The lowest BCUT2D eigenvalue weighted by molar-refractivity contribution is -0.605. The Morgan fingerprint density at radius 2 is 1.79 bits per heavy atom. The molecule has 4 nitrogen and oxygen atoms in total. The molecule has 1 amide bonds. The van der Waals surface area contributed by atoms with Crippen molar-refractivity contribution >= 4 is 17.5 Å². The van der Waals surface area contributed by atoms with E-state index in [0.29, 0.717) is 21.9 Å². The summed E-state index contributed by atoms with van der Waals surface area (Å²) < 4.78 is 0.643. The van der Waals surface area contributed by atoms with E-state index < -0.39 is 0 Å². The Labute approximate surface area is 116 Å². The summed E-state index contributed by atoms with van der Waals surface area (Å²) in [6, 6.07) is 10.5. The highest BCUT2D eigenvalue weighted by Gasteiger charge is 2.05. The van der Waals surface area contributed by atoms with Crippen LogP contribution < -0.4 is 10.0 Å². The van der Waals surface area contributed by atoms with E-state index in [4.69, 9.17) is 11.6 Å². The largest absolute Gasteiger partial charge is 0.619 e. The van der Waals surface area contributed by atoms with Crippen molar-refractivity contribution in [2.45, 2.75) is 6.42 Å². The molecule has 0 radical (unpaired) electrons. The number of halogens is 1. The van der Waals surface area contributed by atoms with Gasteiger partial charge in [0.2, 0.25) is 0 Å². The van der Waals surface area contributed by atoms with E-state index in [0.717, 1.165) is 12.0 Å². The standard InChI is InChI=1S/C14H13ClN2O2/c15-13-3-1-11(2-4-13)5-8-16-14(18)12-6-9-17(19)10-7-12/h1-4,6-7,9-10H,5,8H2,(H,16,18). The number of carbonyl (C=O) groups excluding carboxylic acids is 1. The number of benzene rings is 1. The molecule has 1 aromatic heterocycles. The predicted molar refractivity (Wildman–Crippen MR) is 72.9 cm³/mol. The molecule has 2 rings (SSSR count). The first-order valence-corrected chi connectivity index (χ1v) is 6.24. The van der Waals surface area contributed by atoms with Crippen molar-refractivity contribution in [3.8, 4) is 0 Å². The number of carbonyl (C=O) groups is 1. The van der Waals surface area contributed by atoms with Crippen LogP contribution in [0.1, 0.15) is 15.9 Å². The van der Waals surface area contributed by atoms with Crippen molar-refractivity contribution in [1.82, 2.24) is 5.32 Å². The van der Waals surface area contributed by atoms with Crippen LogP contribution in [0.4, 0.5) is 0 Å². The van der Waals surface area contributed by atoms with Crippen LogP contribution >= 0.6 is 11.6 Å². The third kappa shape index (κ3) is 3.96. The lowest BCUT2D eigenvalue weighted by atomic mass is 10.1. The third-order valence-corrected chi connectivity index (χ3v) is 2.93. The van der Waals surface area contributed by atoms with Crippen LogP contribution in [-0.4, -0.2) is 12.5 Å². The molecular formula is C14H13ClN2O2. The van der Waals surface area contributed by atoms with Crippen molar-refractivity contribution < 1.29 is 9.52 Å². The first kappa shape index (κ1) is 13.4. The quantitative estimate of drug-likeness (QED) is 0.685. The fraction of sp³-hybridized carbons (Fsp3) is 0.143. The fourth-order valence-corrected chi connectivity index (χ4v) is 1.76. The summed E-state index contributed by atoms with van der Waals surface area (Å²) in [4.78, 5) is 11.8. The second-order valence-electron chi connectivity index (χ2n) is 4.08. The molecule has 0 unspecified atom stereocenters. The Morgan fingerprint density at radius 1 is 1.16 bits per heavy atom. The Hall–Kier alpha value is -2.07. The van der Waals surface area contributed by atoms with Gasteiger partial charge < -0.3 is 10.5 Å². The summed E-state index contributed by atoms with van der Waals surface area (Å²) in [5.41, 5.74) is 1.58. The molecule has 0 spiro atoms. The van der Waals surface area contributed by atoms with Gasteiger partial charge in [-0.15, -0.1) is 0 Å². The maximum Gasteiger partial charge on any atom is 0.251 e.